The second-order valence-corrected chi connectivity index (χ2v) is 2.97. The van der Waals surface area contributed by atoms with Gasteiger partial charge in [0, 0.05) is 13.5 Å². The Kier molecular flexibility index (Phi) is 4.55. The minimum Gasteiger partial charge on any atom is -0.355 e. The number of nitrogens with one attached hydrogen (secondary N) is 2. The number of aromatic nitrogens is 2. The van der Waals surface area contributed by atoms with E-state index in [1.54, 1.807) is 6.92 Å². The minimum absolute atomic E-state index is 0.341. The Bertz CT molecular complexity index is 321. The first kappa shape index (κ1) is 11.4. The Balaban J connectivity index is 2.46. The quantitative estimate of drug-likeness (QED) is 0.274. The summed E-state index contributed by atoms with van der Waals surface area (Å²) < 4.78 is 4.81. The van der Waals surface area contributed by atoms with E-state index in [0.29, 0.717) is 24.2 Å². The van der Waals surface area contributed by atoms with Gasteiger partial charge >= 0.3 is 0 Å². The molecule has 84 valence electrons. The Morgan fingerprint density at radius 3 is 2.93 bits per heavy atom. The molecule has 1 aromatic rings. The van der Waals surface area contributed by atoms with Crippen LogP contribution in [-0.2, 0) is 6.54 Å². The highest BCUT2D eigenvalue weighted by molar-refractivity contribution is 5.78. The van der Waals surface area contributed by atoms with Crippen LogP contribution in [0.2, 0.25) is 0 Å². The molecule has 0 amide bonds. The molecule has 0 spiro atoms. The summed E-state index contributed by atoms with van der Waals surface area (Å²) in [5, 5.41) is 6.74. The van der Waals surface area contributed by atoms with Crippen molar-refractivity contribution in [2.24, 2.45) is 10.8 Å². The van der Waals surface area contributed by atoms with Crippen LogP contribution in [0.5, 0.6) is 0 Å². The molecule has 1 rings (SSSR count). The first-order chi connectivity index (χ1) is 7.26. The first-order valence-electron chi connectivity index (χ1n) is 4.80. The van der Waals surface area contributed by atoms with Gasteiger partial charge in [0.2, 0.25) is 11.9 Å². The van der Waals surface area contributed by atoms with Crippen molar-refractivity contribution >= 4 is 5.96 Å². The number of guanidine groups is 1. The topological polar surface area (TPSA) is 101 Å². The van der Waals surface area contributed by atoms with Gasteiger partial charge in [-0.3, -0.25) is 5.43 Å². The lowest BCUT2D eigenvalue weighted by molar-refractivity contribution is 0.387. The fourth-order valence-corrected chi connectivity index (χ4v) is 0.951. The van der Waals surface area contributed by atoms with E-state index in [0.717, 1.165) is 13.0 Å². The summed E-state index contributed by atoms with van der Waals surface area (Å²) in [4.78, 5) is 8.16. The molecule has 0 aliphatic heterocycles. The molecule has 1 heterocycles. The van der Waals surface area contributed by atoms with Gasteiger partial charge in [-0.05, 0) is 6.42 Å². The zero-order valence-electron chi connectivity index (χ0n) is 8.95. The van der Waals surface area contributed by atoms with E-state index in [9.17, 15) is 0 Å². The number of nitrogens with two attached hydrogens (primary N) is 1. The maximum absolute atomic E-state index is 5.28. The predicted molar refractivity (Wildman–Crippen MR) is 55.8 cm³/mol. The minimum atomic E-state index is 0.341. The average Bonchev–Trinajstić information content (AvgIpc) is 2.65. The zero-order chi connectivity index (χ0) is 11.1. The monoisotopic (exact) mass is 212 g/mol. The zero-order valence-corrected chi connectivity index (χ0v) is 8.95. The molecule has 0 unspecified atom stereocenters. The van der Waals surface area contributed by atoms with Crippen LogP contribution in [0.1, 0.15) is 25.1 Å². The summed E-state index contributed by atoms with van der Waals surface area (Å²) in [5.74, 6) is 6.87. The normalized spacial score (nSPS) is 11.5. The van der Waals surface area contributed by atoms with Crippen molar-refractivity contribution < 1.29 is 4.52 Å². The summed E-state index contributed by atoms with van der Waals surface area (Å²) in [6, 6.07) is 0. The molecular formula is C8H16N6O. The summed E-state index contributed by atoms with van der Waals surface area (Å²) in [6.45, 7) is 4.95. The fraction of sp³-hybridized carbons (Fsp3) is 0.625. The van der Waals surface area contributed by atoms with E-state index in [-0.39, 0.29) is 0 Å². The molecule has 7 heteroatoms. The van der Waals surface area contributed by atoms with Gasteiger partial charge in [0.25, 0.3) is 0 Å². The van der Waals surface area contributed by atoms with E-state index in [2.05, 4.69) is 32.8 Å². The maximum Gasteiger partial charge on any atom is 0.223 e. The van der Waals surface area contributed by atoms with Crippen molar-refractivity contribution in [2.75, 3.05) is 6.54 Å². The SMILES string of the molecule is CCCNC(=NCc1noc(C)n1)NN. The van der Waals surface area contributed by atoms with Crippen LogP contribution in [0.15, 0.2) is 9.52 Å². The van der Waals surface area contributed by atoms with Gasteiger partial charge in [-0.2, -0.15) is 4.98 Å². The standard InChI is InChI=1S/C8H16N6O/c1-3-4-10-8(13-9)11-5-7-12-6(2)15-14-7/h3-5,9H2,1-2H3,(H2,10,11,13). The smallest absolute Gasteiger partial charge is 0.223 e. The summed E-state index contributed by atoms with van der Waals surface area (Å²) in [7, 11) is 0. The molecular weight excluding hydrogens is 196 g/mol. The van der Waals surface area contributed by atoms with E-state index < -0.39 is 0 Å². The van der Waals surface area contributed by atoms with Gasteiger partial charge in [-0.1, -0.05) is 12.1 Å². The van der Waals surface area contributed by atoms with Crippen LogP contribution >= 0.6 is 0 Å². The van der Waals surface area contributed by atoms with Crippen LogP contribution in [0.3, 0.4) is 0 Å². The Morgan fingerprint density at radius 2 is 2.40 bits per heavy atom. The largest absolute Gasteiger partial charge is 0.355 e. The van der Waals surface area contributed by atoms with Crippen LogP contribution < -0.4 is 16.6 Å². The van der Waals surface area contributed by atoms with Gasteiger partial charge in [0.1, 0.15) is 6.54 Å². The van der Waals surface area contributed by atoms with E-state index in [4.69, 9.17) is 10.4 Å². The molecule has 0 aromatic carbocycles. The molecule has 4 N–H and O–H groups in total. The number of hydrazine groups is 1. The van der Waals surface area contributed by atoms with Gasteiger partial charge in [-0.25, -0.2) is 10.8 Å². The molecule has 15 heavy (non-hydrogen) atoms. The Morgan fingerprint density at radius 1 is 1.60 bits per heavy atom. The molecule has 0 aliphatic carbocycles. The fourth-order valence-electron chi connectivity index (χ4n) is 0.951. The number of hydrogen-bond acceptors (Lipinski definition) is 5. The van der Waals surface area contributed by atoms with Gasteiger partial charge in [-0.15, -0.1) is 0 Å². The molecule has 0 atom stereocenters. The van der Waals surface area contributed by atoms with Crippen molar-refractivity contribution in [2.45, 2.75) is 26.8 Å². The summed E-state index contributed by atoms with van der Waals surface area (Å²) in [6.07, 6.45) is 1.00. The molecule has 0 aliphatic rings. The van der Waals surface area contributed by atoms with Crippen molar-refractivity contribution in [3.05, 3.63) is 11.7 Å². The predicted octanol–water partition coefficient (Wildman–Crippen LogP) is -0.303. The third kappa shape index (κ3) is 3.94. The van der Waals surface area contributed by atoms with Gasteiger partial charge in [0.15, 0.2) is 5.82 Å². The van der Waals surface area contributed by atoms with Crippen molar-refractivity contribution in [1.82, 2.24) is 20.9 Å². The maximum atomic E-state index is 5.28. The number of aryl methyl sites for hydroxylation is 1. The van der Waals surface area contributed by atoms with Crippen molar-refractivity contribution in [1.29, 1.82) is 0 Å². The molecule has 0 radical (unpaired) electrons. The van der Waals surface area contributed by atoms with Crippen molar-refractivity contribution in [3.63, 3.8) is 0 Å². The highest BCUT2D eigenvalue weighted by atomic mass is 16.5. The lowest BCUT2D eigenvalue weighted by Gasteiger charge is -2.06. The van der Waals surface area contributed by atoms with Crippen LogP contribution in [0, 0.1) is 6.92 Å². The number of nitrogens with zero attached hydrogens (tertiary/aromatic N) is 3. The van der Waals surface area contributed by atoms with Gasteiger partial charge < -0.3 is 9.84 Å². The van der Waals surface area contributed by atoms with Crippen molar-refractivity contribution in [3.8, 4) is 0 Å². The lowest BCUT2D eigenvalue weighted by Crippen LogP contribution is -2.41. The van der Waals surface area contributed by atoms with Crippen LogP contribution in [0.25, 0.3) is 0 Å². The average molecular weight is 212 g/mol. The van der Waals surface area contributed by atoms with E-state index in [1.807, 2.05) is 0 Å². The third-order valence-corrected chi connectivity index (χ3v) is 1.63. The highest BCUT2D eigenvalue weighted by Crippen LogP contribution is 1.96. The molecule has 0 saturated heterocycles. The molecule has 0 saturated carbocycles. The number of hydrogen-bond donors (Lipinski definition) is 3. The van der Waals surface area contributed by atoms with Crippen LogP contribution in [-0.4, -0.2) is 22.6 Å². The summed E-state index contributed by atoms with van der Waals surface area (Å²) in [5.41, 5.74) is 2.47. The van der Waals surface area contributed by atoms with E-state index in [1.165, 1.54) is 0 Å². The Hall–Kier alpha value is -1.63. The number of rotatable bonds is 4. The first-order valence-corrected chi connectivity index (χ1v) is 4.80. The second kappa shape index (κ2) is 5.97. The molecule has 7 nitrogen and oxygen atoms in total. The van der Waals surface area contributed by atoms with Gasteiger partial charge in [0.05, 0.1) is 0 Å². The lowest BCUT2D eigenvalue weighted by atomic mass is 10.5. The highest BCUT2D eigenvalue weighted by Gasteiger charge is 2.01. The second-order valence-electron chi connectivity index (χ2n) is 2.97. The Labute approximate surface area is 88.1 Å². The summed E-state index contributed by atoms with van der Waals surface area (Å²) >= 11 is 0. The molecule has 0 fully saturated rings. The number of aliphatic imine (C=N–C) groups is 1. The van der Waals surface area contributed by atoms with E-state index >= 15 is 0 Å². The molecule has 1 aromatic heterocycles. The third-order valence-electron chi connectivity index (χ3n) is 1.63. The van der Waals surface area contributed by atoms with Crippen LogP contribution in [0.4, 0.5) is 0 Å². The molecule has 0 bridgehead atoms.